The second-order valence-corrected chi connectivity index (χ2v) is 8.04. The van der Waals surface area contributed by atoms with Crippen molar-refractivity contribution < 1.29 is 9.53 Å². The van der Waals surface area contributed by atoms with Gasteiger partial charge in [-0.1, -0.05) is 17.7 Å². The Morgan fingerprint density at radius 3 is 1.63 bits per heavy atom. The minimum absolute atomic E-state index is 0.279. The van der Waals surface area contributed by atoms with Crippen molar-refractivity contribution in [1.82, 2.24) is 0 Å². The van der Waals surface area contributed by atoms with E-state index in [1.165, 1.54) is 0 Å². The Hall–Kier alpha value is -3.47. The van der Waals surface area contributed by atoms with Crippen molar-refractivity contribution in [2.45, 2.75) is 13.2 Å². The summed E-state index contributed by atoms with van der Waals surface area (Å²) in [7, 11) is 8.07. The molecular formula is C25H27N3O2. The van der Waals surface area contributed by atoms with Gasteiger partial charge in [0.2, 0.25) is 6.23 Å². The van der Waals surface area contributed by atoms with Crippen LogP contribution in [-0.2, 0) is 4.74 Å². The number of fused-ring (bicyclic) bond motifs is 1. The Morgan fingerprint density at radius 2 is 1.17 bits per heavy atom. The standard InChI is InChI=1S/C25H27N3O2/c1-17-6-15-22-23(16-17)25(29)30-24(22)28(20-11-7-18(8-12-20)26(2)3)21-13-9-19(10-14-21)27(4)5/h6-16,24H,1-5H3. The Bertz CT molecular complexity index is 1010. The quantitative estimate of drug-likeness (QED) is 0.554. The van der Waals surface area contributed by atoms with Crippen molar-refractivity contribution >= 4 is 28.7 Å². The molecule has 3 aromatic rings. The maximum atomic E-state index is 12.6. The molecule has 0 bridgehead atoms. The molecule has 5 nitrogen and oxygen atoms in total. The van der Waals surface area contributed by atoms with Crippen LogP contribution >= 0.6 is 0 Å². The fourth-order valence-corrected chi connectivity index (χ4v) is 3.72. The molecule has 0 amide bonds. The molecule has 0 N–H and O–H groups in total. The SMILES string of the molecule is Cc1ccc2c(c1)C(=O)OC2N(c1ccc(N(C)C)cc1)c1ccc(N(C)C)cc1. The van der Waals surface area contributed by atoms with Crippen LogP contribution in [0.1, 0.15) is 27.7 Å². The van der Waals surface area contributed by atoms with Gasteiger partial charge in [-0.25, -0.2) is 4.79 Å². The number of hydrogen-bond acceptors (Lipinski definition) is 5. The molecule has 4 rings (SSSR count). The van der Waals surface area contributed by atoms with E-state index in [2.05, 4.69) is 63.2 Å². The molecule has 154 valence electrons. The molecule has 0 fully saturated rings. The highest BCUT2D eigenvalue weighted by Crippen LogP contribution is 2.42. The van der Waals surface area contributed by atoms with Crippen molar-refractivity contribution in [2.24, 2.45) is 0 Å². The highest BCUT2D eigenvalue weighted by Gasteiger charge is 2.36. The van der Waals surface area contributed by atoms with E-state index in [-0.39, 0.29) is 5.97 Å². The van der Waals surface area contributed by atoms with Crippen molar-refractivity contribution in [2.75, 3.05) is 42.9 Å². The lowest BCUT2D eigenvalue weighted by molar-refractivity contribution is 0.0399. The largest absolute Gasteiger partial charge is 0.433 e. The molecule has 0 saturated heterocycles. The average Bonchev–Trinajstić information content (AvgIpc) is 3.04. The highest BCUT2D eigenvalue weighted by molar-refractivity contribution is 5.95. The zero-order chi connectivity index (χ0) is 21.4. The predicted molar refractivity (Wildman–Crippen MR) is 123 cm³/mol. The van der Waals surface area contributed by atoms with Gasteiger partial charge in [0.25, 0.3) is 0 Å². The molecule has 0 radical (unpaired) electrons. The minimum Gasteiger partial charge on any atom is -0.433 e. The van der Waals surface area contributed by atoms with E-state index in [1.54, 1.807) is 0 Å². The van der Waals surface area contributed by atoms with Crippen LogP contribution in [0.3, 0.4) is 0 Å². The molecule has 0 saturated carbocycles. The minimum atomic E-state index is -0.511. The highest BCUT2D eigenvalue weighted by atomic mass is 16.6. The third kappa shape index (κ3) is 3.59. The average molecular weight is 402 g/mol. The number of aryl methyl sites for hydroxylation is 1. The lowest BCUT2D eigenvalue weighted by atomic mass is 10.0. The molecule has 3 aromatic carbocycles. The smallest absolute Gasteiger partial charge is 0.340 e. The van der Waals surface area contributed by atoms with E-state index in [1.807, 2.05) is 53.3 Å². The number of cyclic esters (lactones) is 1. The second-order valence-electron chi connectivity index (χ2n) is 8.04. The third-order valence-electron chi connectivity index (χ3n) is 5.44. The fourth-order valence-electron chi connectivity index (χ4n) is 3.72. The number of anilines is 4. The number of nitrogens with zero attached hydrogens (tertiary/aromatic N) is 3. The van der Waals surface area contributed by atoms with E-state index >= 15 is 0 Å². The van der Waals surface area contributed by atoms with Crippen molar-refractivity contribution in [3.63, 3.8) is 0 Å². The summed E-state index contributed by atoms with van der Waals surface area (Å²) in [5, 5.41) is 0. The first-order valence-electron chi connectivity index (χ1n) is 10.0. The van der Waals surface area contributed by atoms with E-state index in [4.69, 9.17) is 4.74 Å². The molecule has 1 atom stereocenters. The summed E-state index contributed by atoms with van der Waals surface area (Å²) in [5.74, 6) is -0.279. The van der Waals surface area contributed by atoms with Gasteiger partial charge in [0.15, 0.2) is 0 Å². The molecule has 1 aliphatic heterocycles. The van der Waals surface area contributed by atoms with Crippen LogP contribution in [0.2, 0.25) is 0 Å². The Kier molecular flexibility index (Phi) is 5.12. The zero-order valence-corrected chi connectivity index (χ0v) is 18.1. The molecule has 1 unspecified atom stereocenters. The fraction of sp³-hybridized carbons (Fsp3) is 0.240. The van der Waals surface area contributed by atoms with Gasteiger partial charge in [-0.3, -0.25) is 0 Å². The monoisotopic (exact) mass is 401 g/mol. The molecule has 5 heteroatoms. The number of benzene rings is 3. The number of ether oxygens (including phenoxy) is 1. The second kappa shape index (κ2) is 7.75. The summed E-state index contributed by atoms with van der Waals surface area (Å²) < 4.78 is 5.88. The number of hydrogen-bond donors (Lipinski definition) is 0. The number of rotatable bonds is 5. The Morgan fingerprint density at radius 1 is 0.700 bits per heavy atom. The van der Waals surface area contributed by atoms with Crippen LogP contribution in [0.4, 0.5) is 22.7 Å². The molecule has 0 aromatic heterocycles. The third-order valence-corrected chi connectivity index (χ3v) is 5.44. The van der Waals surface area contributed by atoms with Crippen LogP contribution in [-0.4, -0.2) is 34.2 Å². The lowest BCUT2D eigenvalue weighted by Crippen LogP contribution is -2.24. The van der Waals surface area contributed by atoms with Crippen LogP contribution in [0, 0.1) is 6.92 Å². The van der Waals surface area contributed by atoms with Gasteiger partial charge >= 0.3 is 5.97 Å². The first-order chi connectivity index (χ1) is 14.3. The Balaban J connectivity index is 1.81. The van der Waals surface area contributed by atoms with Crippen LogP contribution in [0.15, 0.2) is 66.7 Å². The van der Waals surface area contributed by atoms with Gasteiger partial charge in [-0.2, -0.15) is 0 Å². The van der Waals surface area contributed by atoms with E-state index < -0.39 is 6.23 Å². The maximum Gasteiger partial charge on any atom is 0.340 e. The first kappa shape index (κ1) is 19.8. The summed E-state index contributed by atoms with van der Waals surface area (Å²) in [6.07, 6.45) is -0.511. The van der Waals surface area contributed by atoms with Gasteiger partial charge in [-0.15, -0.1) is 0 Å². The van der Waals surface area contributed by atoms with E-state index in [9.17, 15) is 4.79 Å². The van der Waals surface area contributed by atoms with Crippen molar-refractivity contribution in [1.29, 1.82) is 0 Å². The lowest BCUT2D eigenvalue weighted by Gasteiger charge is -2.31. The molecule has 1 heterocycles. The molecule has 0 aliphatic carbocycles. The molecule has 1 aliphatic rings. The Labute approximate surface area is 178 Å². The van der Waals surface area contributed by atoms with Gasteiger partial charge in [0.05, 0.1) is 5.56 Å². The van der Waals surface area contributed by atoms with Crippen LogP contribution < -0.4 is 14.7 Å². The van der Waals surface area contributed by atoms with Crippen molar-refractivity contribution in [3.05, 3.63) is 83.4 Å². The summed E-state index contributed by atoms with van der Waals surface area (Å²) in [5.41, 5.74) is 6.72. The maximum absolute atomic E-state index is 12.6. The summed E-state index contributed by atoms with van der Waals surface area (Å²) in [4.78, 5) is 18.8. The molecule has 0 spiro atoms. The van der Waals surface area contributed by atoms with Gasteiger partial charge in [0, 0.05) is 56.5 Å². The summed E-state index contributed by atoms with van der Waals surface area (Å²) in [6, 6.07) is 22.5. The summed E-state index contributed by atoms with van der Waals surface area (Å²) in [6.45, 7) is 1.98. The molecular weight excluding hydrogens is 374 g/mol. The topological polar surface area (TPSA) is 36.0 Å². The number of carbonyl (C=O) groups excluding carboxylic acids is 1. The number of carbonyl (C=O) groups is 1. The predicted octanol–water partition coefficient (Wildman–Crippen LogP) is 5.13. The normalized spacial score (nSPS) is 14.8. The van der Waals surface area contributed by atoms with Crippen LogP contribution in [0.5, 0.6) is 0 Å². The first-order valence-corrected chi connectivity index (χ1v) is 10.0. The van der Waals surface area contributed by atoms with Gasteiger partial charge in [-0.05, 0) is 61.5 Å². The summed E-state index contributed by atoms with van der Waals surface area (Å²) >= 11 is 0. The molecule has 30 heavy (non-hydrogen) atoms. The number of esters is 1. The van der Waals surface area contributed by atoms with Gasteiger partial charge < -0.3 is 19.4 Å². The van der Waals surface area contributed by atoms with Crippen LogP contribution in [0.25, 0.3) is 0 Å². The van der Waals surface area contributed by atoms with E-state index in [0.29, 0.717) is 5.56 Å². The van der Waals surface area contributed by atoms with Crippen molar-refractivity contribution in [3.8, 4) is 0 Å². The zero-order valence-electron chi connectivity index (χ0n) is 18.1. The van der Waals surface area contributed by atoms with Gasteiger partial charge in [0.1, 0.15) is 0 Å². The van der Waals surface area contributed by atoms with E-state index in [0.717, 1.165) is 33.9 Å².